The molecule has 2 aliphatic carbocycles. The number of hydrogen-bond acceptors (Lipinski definition) is 7. The Bertz CT molecular complexity index is 1930. The molecule has 7 rings (SSSR count). The van der Waals surface area contributed by atoms with Gasteiger partial charge >= 0.3 is 0 Å². The Balaban J connectivity index is 1.28. The molecular weight excluding hydrogens is 662 g/mol. The first-order valence-corrected chi connectivity index (χ1v) is 19.3. The van der Waals surface area contributed by atoms with Gasteiger partial charge in [0.1, 0.15) is 21.2 Å². The number of carbonyl (C=O) groups is 2. The van der Waals surface area contributed by atoms with E-state index in [1.807, 2.05) is 25.1 Å². The summed E-state index contributed by atoms with van der Waals surface area (Å²) in [7, 11) is -0.457. The number of benzene rings is 2. The normalized spacial score (nSPS) is 28.9. The number of halogens is 1. The van der Waals surface area contributed by atoms with Gasteiger partial charge in [-0.2, -0.15) is 0 Å². The van der Waals surface area contributed by atoms with Crippen LogP contribution < -0.4 is 19.1 Å². The first kappa shape index (κ1) is 33.7. The van der Waals surface area contributed by atoms with Gasteiger partial charge in [-0.25, -0.2) is 4.21 Å². The second-order valence-electron chi connectivity index (χ2n) is 14.3. The van der Waals surface area contributed by atoms with E-state index in [1.54, 1.807) is 13.1 Å². The van der Waals surface area contributed by atoms with Crippen molar-refractivity contribution < 1.29 is 23.3 Å². The molecule has 49 heavy (non-hydrogen) atoms. The fourth-order valence-electron chi connectivity index (χ4n) is 7.99. The summed E-state index contributed by atoms with van der Waals surface area (Å²) in [5.41, 5.74) is 3.58. The summed E-state index contributed by atoms with van der Waals surface area (Å²) in [4.78, 5) is 29.8. The van der Waals surface area contributed by atoms with E-state index in [9.17, 15) is 13.8 Å². The molecule has 1 aromatic heterocycles. The maximum atomic E-state index is 14.5. The van der Waals surface area contributed by atoms with E-state index in [2.05, 4.69) is 43.4 Å². The minimum Gasteiger partial charge on any atom is -0.490 e. The molecule has 2 bridgehead atoms. The third-order valence-corrected chi connectivity index (χ3v) is 12.9. The van der Waals surface area contributed by atoms with Crippen molar-refractivity contribution >= 4 is 39.0 Å². The highest BCUT2D eigenvalue weighted by molar-refractivity contribution is 7.92. The number of nitrogens with zero attached hydrogens (tertiary/aromatic N) is 4. The van der Waals surface area contributed by atoms with Crippen LogP contribution in [0.5, 0.6) is 11.6 Å². The number of anilines is 1. The van der Waals surface area contributed by atoms with Crippen LogP contribution in [-0.4, -0.2) is 58.4 Å². The molecule has 0 saturated heterocycles. The Labute approximate surface area is 293 Å². The molecule has 1 spiro atoms. The van der Waals surface area contributed by atoms with Gasteiger partial charge in [-0.15, -0.1) is 9.46 Å². The minimum atomic E-state index is -3.53. The largest absolute Gasteiger partial charge is 0.490 e. The van der Waals surface area contributed by atoms with E-state index >= 15 is 0 Å². The Morgan fingerprint density at radius 1 is 1.18 bits per heavy atom. The van der Waals surface area contributed by atoms with Crippen LogP contribution >= 0.6 is 11.6 Å². The average Bonchev–Trinajstić information content (AvgIpc) is 3.37. The molecule has 12 heteroatoms. The third-order valence-electron chi connectivity index (χ3n) is 10.7. The predicted octanol–water partition coefficient (Wildman–Crippen LogP) is 6.52. The zero-order chi connectivity index (χ0) is 34.3. The van der Waals surface area contributed by atoms with Crippen molar-refractivity contribution in [3.63, 3.8) is 0 Å². The monoisotopic (exact) mass is 705 g/mol. The summed E-state index contributed by atoms with van der Waals surface area (Å²) in [6.07, 6.45) is 13.0. The number of hydrogen-bond donors (Lipinski definition) is 1. The Morgan fingerprint density at radius 2 is 2.04 bits per heavy atom. The Morgan fingerprint density at radius 3 is 2.84 bits per heavy atom. The number of ether oxygens (including phenoxy) is 2. The van der Waals surface area contributed by atoms with E-state index in [0.717, 1.165) is 68.7 Å². The molecule has 260 valence electrons. The van der Waals surface area contributed by atoms with Gasteiger partial charge in [0.05, 0.1) is 25.2 Å². The minimum absolute atomic E-state index is 0.0269. The van der Waals surface area contributed by atoms with Crippen LogP contribution in [0.2, 0.25) is 5.02 Å². The van der Waals surface area contributed by atoms with Gasteiger partial charge < -0.3 is 14.4 Å². The Kier molecular flexibility index (Phi) is 9.25. The van der Waals surface area contributed by atoms with Crippen LogP contribution in [0.3, 0.4) is 0 Å². The second kappa shape index (κ2) is 13.5. The lowest BCUT2D eigenvalue weighted by Crippen LogP contribution is -2.48. The molecule has 1 saturated carbocycles. The van der Waals surface area contributed by atoms with Crippen LogP contribution in [-0.2, 0) is 28.8 Å². The Hall–Kier alpha value is -3.83. The quantitative estimate of drug-likeness (QED) is 0.309. The van der Waals surface area contributed by atoms with Crippen molar-refractivity contribution in [3.8, 4) is 11.6 Å². The molecule has 3 aromatic rings. The highest BCUT2D eigenvalue weighted by atomic mass is 35.5. The molecule has 1 fully saturated rings. The summed E-state index contributed by atoms with van der Waals surface area (Å²) in [6, 6.07) is 11.6. The van der Waals surface area contributed by atoms with Crippen molar-refractivity contribution in [1.82, 2.24) is 14.5 Å². The zero-order valence-electron chi connectivity index (χ0n) is 28.3. The van der Waals surface area contributed by atoms with E-state index in [4.69, 9.17) is 21.1 Å². The topological polar surface area (TPSA) is 115 Å². The number of allylic oxidation sites excluding steroid dienone is 2. The second-order valence-corrected chi connectivity index (χ2v) is 16.7. The number of fused-ring (bicyclic) bond motifs is 4. The van der Waals surface area contributed by atoms with E-state index < -0.39 is 21.7 Å². The number of methoxy groups -OCH3 is 1. The number of aryl methyl sites for hydroxylation is 2. The summed E-state index contributed by atoms with van der Waals surface area (Å²) in [5.74, 6) is 0.417. The number of rotatable bonds is 3. The van der Waals surface area contributed by atoms with Crippen LogP contribution in [0.4, 0.5) is 5.69 Å². The van der Waals surface area contributed by atoms with Crippen LogP contribution in [0.1, 0.15) is 77.3 Å². The summed E-state index contributed by atoms with van der Waals surface area (Å²) >= 11 is 6.44. The molecule has 5 atom stereocenters. The molecule has 10 nitrogen and oxygen atoms in total. The van der Waals surface area contributed by atoms with Crippen molar-refractivity contribution in [3.05, 3.63) is 82.0 Å². The van der Waals surface area contributed by atoms with Crippen LogP contribution in [0.25, 0.3) is 0 Å². The molecule has 3 heterocycles. The van der Waals surface area contributed by atoms with Gasteiger partial charge in [0.25, 0.3) is 11.8 Å². The number of nitrogens with one attached hydrogen (secondary N) is 1. The van der Waals surface area contributed by atoms with Gasteiger partial charge in [-0.05, 0) is 104 Å². The van der Waals surface area contributed by atoms with Gasteiger partial charge in [0.2, 0.25) is 5.88 Å². The molecule has 1 N–H and O–H groups in total. The maximum Gasteiger partial charge on any atom is 0.286 e. The van der Waals surface area contributed by atoms with Gasteiger partial charge in [-0.1, -0.05) is 36.7 Å². The van der Waals surface area contributed by atoms with Crippen molar-refractivity contribution in [1.29, 1.82) is 0 Å². The van der Waals surface area contributed by atoms with Gasteiger partial charge in [0, 0.05) is 42.3 Å². The molecular formula is C37H44ClN5O5S. The number of carbonyl (C=O) groups excluding carboxylic acids is 2. The van der Waals surface area contributed by atoms with Crippen LogP contribution in [0.15, 0.2) is 59.1 Å². The van der Waals surface area contributed by atoms with Crippen molar-refractivity contribution in [2.45, 2.75) is 57.3 Å². The first-order chi connectivity index (χ1) is 23.5. The standard InChI is InChI=1S/C37H44ClN5O5S/c1-24-7-4-5-8-25-10-11-28(25)19-43-22-37(16-6-9-26-17-29(38)13-14-31(26)37)23-48-33-15-12-27(18-32(33)43)34(44)40-49(46,21-24)41-35(45)30-20-42(2)39-36(30)47-3/h5,8,12-15,17-18,20,24-25,28H,4,6-7,9-11,16,19,21-23H2,1-3H3,(H,40,41,44,45,46)/b8-5+/t24-,25+,28-,37-,49-/m0/s1. The molecule has 2 aliphatic heterocycles. The first-order valence-electron chi connectivity index (χ1n) is 17.2. The predicted molar refractivity (Wildman–Crippen MR) is 191 cm³/mol. The van der Waals surface area contributed by atoms with Crippen LogP contribution in [0, 0.1) is 17.8 Å². The average molecular weight is 706 g/mol. The van der Waals surface area contributed by atoms with E-state index in [1.165, 1.54) is 29.1 Å². The molecule has 2 aromatic carbocycles. The smallest absolute Gasteiger partial charge is 0.286 e. The number of amides is 2. The fraction of sp³-hybridized carbons (Fsp3) is 0.486. The van der Waals surface area contributed by atoms with Gasteiger partial charge in [-0.3, -0.25) is 19.0 Å². The summed E-state index contributed by atoms with van der Waals surface area (Å²) < 4.78 is 34.7. The lowest BCUT2D eigenvalue weighted by atomic mass is 9.69. The molecule has 2 amide bonds. The van der Waals surface area contributed by atoms with Crippen molar-refractivity contribution in [2.75, 3.05) is 37.5 Å². The van der Waals surface area contributed by atoms with Gasteiger partial charge in [0.15, 0.2) is 0 Å². The number of aromatic nitrogens is 2. The highest BCUT2D eigenvalue weighted by Crippen LogP contribution is 2.46. The fourth-order valence-corrected chi connectivity index (χ4v) is 10.1. The van der Waals surface area contributed by atoms with Crippen molar-refractivity contribution in [2.24, 2.45) is 29.2 Å². The zero-order valence-corrected chi connectivity index (χ0v) is 29.9. The lowest BCUT2D eigenvalue weighted by molar-refractivity contribution is 0.0979. The lowest BCUT2D eigenvalue weighted by Gasteiger charge is -2.44. The maximum absolute atomic E-state index is 14.5. The van der Waals surface area contributed by atoms with E-state index in [-0.39, 0.29) is 28.5 Å². The third kappa shape index (κ3) is 6.84. The SMILES string of the molecule is COc1nn(C)cc1C(=O)N[S@@]1(=O)=NC(=O)c2ccc3c(c2)N(C[C@@H]2CC[C@H]2/C=C/CC[C@H](C)C1)C[C@@]1(CCCc2cc(Cl)ccc21)CO3. The highest BCUT2D eigenvalue weighted by Gasteiger charge is 2.43. The molecule has 4 aliphatic rings. The molecule has 0 unspecified atom stereocenters. The molecule has 0 radical (unpaired) electrons. The van der Waals surface area contributed by atoms with E-state index in [0.29, 0.717) is 29.8 Å². The summed E-state index contributed by atoms with van der Waals surface area (Å²) in [6.45, 7) is 4.07. The summed E-state index contributed by atoms with van der Waals surface area (Å²) in [5, 5.41) is 4.89.